The van der Waals surface area contributed by atoms with Gasteiger partial charge in [0.05, 0.1) is 0 Å². The minimum Gasteiger partial charge on any atom is -0.444 e. The minimum absolute atomic E-state index is 0.191. The molecular formula is C13H26N2O2. The second kappa shape index (κ2) is 5.25. The standard InChI is InChI=1S/C13H26N2O2/c1-10(2)15(9-11-7-14(6)8-11)12(16)17-13(3,4)5/h10-11H,7-9H2,1-6H3. The fourth-order valence-corrected chi connectivity index (χ4v) is 2.04. The summed E-state index contributed by atoms with van der Waals surface area (Å²) < 4.78 is 5.43. The van der Waals surface area contributed by atoms with E-state index in [0.717, 1.165) is 19.6 Å². The van der Waals surface area contributed by atoms with Gasteiger partial charge in [0, 0.05) is 31.6 Å². The Morgan fingerprint density at radius 1 is 1.41 bits per heavy atom. The number of carbonyl (C=O) groups excluding carboxylic acids is 1. The highest BCUT2D eigenvalue weighted by Gasteiger charge is 2.30. The minimum atomic E-state index is -0.416. The van der Waals surface area contributed by atoms with Crippen molar-refractivity contribution < 1.29 is 9.53 Å². The molecule has 1 rings (SSSR count). The van der Waals surface area contributed by atoms with Crippen molar-refractivity contribution in [3.05, 3.63) is 0 Å². The van der Waals surface area contributed by atoms with Gasteiger partial charge in [-0.15, -0.1) is 0 Å². The molecule has 0 aromatic heterocycles. The molecule has 0 aliphatic carbocycles. The van der Waals surface area contributed by atoms with Crippen LogP contribution in [0, 0.1) is 5.92 Å². The lowest BCUT2D eigenvalue weighted by Gasteiger charge is -2.40. The molecule has 0 aromatic rings. The van der Waals surface area contributed by atoms with Crippen LogP contribution in [0.15, 0.2) is 0 Å². The number of rotatable bonds is 3. The lowest BCUT2D eigenvalue weighted by atomic mass is 10.0. The van der Waals surface area contributed by atoms with Crippen molar-refractivity contribution in [1.29, 1.82) is 0 Å². The van der Waals surface area contributed by atoms with E-state index in [9.17, 15) is 4.79 Å². The third kappa shape index (κ3) is 4.54. The van der Waals surface area contributed by atoms with Crippen LogP contribution in [0.4, 0.5) is 4.79 Å². The Balaban J connectivity index is 2.50. The Labute approximate surface area is 105 Å². The molecule has 100 valence electrons. The fraction of sp³-hybridized carbons (Fsp3) is 0.923. The molecule has 1 aliphatic heterocycles. The largest absolute Gasteiger partial charge is 0.444 e. The van der Waals surface area contributed by atoms with Crippen molar-refractivity contribution in [3.8, 4) is 0 Å². The molecule has 0 saturated carbocycles. The van der Waals surface area contributed by atoms with Gasteiger partial charge in [-0.05, 0) is 41.7 Å². The van der Waals surface area contributed by atoms with E-state index in [1.807, 2.05) is 39.5 Å². The van der Waals surface area contributed by atoms with Crippen molar-refractivity contribution in [1.82, 2.24) is 9.80 Å². The van der Waals surface area contributed by atoms with Crippen LogP contribution in [-0.4, -0.2) is 54.2 Å². The van der Waals surface area contributed by atoms with Crippen LogP contribution in [0.3, 0.4) is 0 Å². The molecule has 17 heavy (non-hydrogen) atoms. The van der Waals surface area contributed by atoms with E-state index in [2.05, 4.69) is 11.9 Å². The summed E-state index contributed by atoms with van der Waals surface area (Å²) in [5, 5.41) is 0. The van der Waals surface area contributed by atoms with Gasteiger partial charge < -0.3 is 14.5 Å². The lowest BCUT2D eigenvalue weighted by Crippen LogP contribution is -2.52. The highest BCUT2D eigenvalue weighted by atomic mass is 16.6. The highest BCUT2D eigenvalue weighted by molar-refractivity contribution is 5.68. The van der Waals surface area contributed by atoms with Crippen molar-refractivity contribution in [2.45, 2.75) is 46.3 Å². The molecule has 1 aliphatic rings. The number of nitrogens with zero attached hydrogens (tertiary/aromatic N) is 2. The Morgan fingerprint density at radius 2 is 1.94 bits per heavy atom. The van der Waals surface area contributed by atoms with Gasteiger partial charge in [0.25, 0.3) is 0 Å². The summed E-state index contributed by atoms with van der Waals surface area (Å²) in [5.74, 6) is 0.593. The molecule has 4 nitrogen and oxygen atoms in total. The lowest BCUT2D eigenvalue weighted by molar-refractivity contribution is 0.00610. The Kier molecular flexibility index (Phi) is 4.42. The zero-order chi connectivity index (χ0) is 13.2. The summed E-state index contributed by atoms with van der Waals surface area (Å²) >= 11 is 0. The van der Waals surface area contributed by atoms with E-state index in [-0.39, 0.29) is 12.1 Å². The van der Waals surface area contributed by atoms with E-state index >= 15 is 0 Å². The maximum Gasteiger partial charge on any atom is 0.410 e. The second-order valence-electron chi connectivity index (χ2n) is 6.31. The van der Waals surface area contributed by atoms with Crippen LogP contribution in [0.5, 0.6) is 0 Å². The Hall–Kier alpha value is -0.770. The molecule has 0 bridgehead atoms. The molecule has 0 aromatic carbocycles. The number of carbonyl (C=O) groups is 1. The summed E-state index contributed by atoms with van der Waals surface area (Å²) in [6.45, 7) is 12.7. The van der Waals surface area contributed by atoms with Crippen LogP contribution < -0.4 is 0 Å². The summed E-state index contributed by atoms with van der Waals surface area (Å²) in [7, 11) is 2.10. The van der Waals surface area contributed by atoms with E-state index in [4.69, 9.17) is 4.74 Å². The normalized spacial score (nSPS) is 18.1. The maximum atomic E-state index is 12.0. The van der Waals surface area contributed by atoms with Crippen LogP contribution in [-0.2, 0) is 4.74 Å². The predicted octanol–water partition coefficient (Wildman–Crippen LogP) is 2.19. The quantitative estimate of drug-likeness (QED) is 0.760. The molecule has 0 atom stereocenters. The monoisotopic (exact) mass is 242 g/mol. The first-order chi connectivity index (χ1) is 7.69. The van der Waals surface area contributed by atoms with Crippen LogP contribution in [0.2, 0.25) is 0 Å². The number of hydrogen-bond donors (Lipinski definition) is 0. The van der Waals surface area contributed by atoms with Gasteiger partial charge in [-0.2, -0.15) is 0 Å². The Morgan fingerprint density at radius 3 is 2.29 bits per heavy atom. The van der Waals surface area contributed by atoms with Gasteiger partial charge in [-0.3, -0.25) is 0 Å². The van der Waals surface area contributed by atoms with Gasteiger partial charge in [0.2, 0.25) is 0 Å². The van der Waals surface area contributed by atoms with Crippen molar-refractivity contribution >= 4 is 6.09 Å². The molecule has 0 radical (unpaired) electrons. The van der Waals surface area contributed by atoms with Crippen LogP contribution >= 0.6 is 0 Å². The zero-order valence-electron chi connectivity index (χ0n) is 12.0. The van der Waals surface area contributed by atoms with E-state index in [1.165, 1.54) is 0 Å². The van der Waals surface area contributed by atoms with Gasteiger partial charge in [-0.25, -0.2) is 4.79 Å². The molecule has 1 saturated heterocycles. The molecule has 4 heteroatoms. The van der Waals surface area contributed by atoms with Crippen molar-refractivity contribution in [2.24, 2.45) is 5.92 Å². The number of amides is 1. The van der Waals surface area contributed by atoms with Crippen LogP contribution in [0.1, 0.15) is 34.6 Å². The van der Waals surface area contributed by atoms with Crippen LogP contribution in [0.25, 0.3) is 0 Å². The van der Waals surface area contributed by atoms with E-state index in [1.54, 1.807) is 0 Å². The smallest absolute Gasteiger partial charge is 0.410 e. The fourth-order valence-electron chi connectivity index (χ4n) is 2.04. The first-order valence-corrected chi connectivity index (χ1v) is 6.37. The summed E-state index contributed by atoms with van der Waals surface area (Å²) in [6, 6.07) is 0.191. The van der Waals surface area contributed by atoms with Gasteiger partial charge in [0.15, 0.2) is 0 Å². The summed E-state index contributed by atoms with van der Waals surface area (Å²) in [6.07, 6.45) is -0.193. The zero-order valence-corrected chi connectivity index (χ0v) is 12.0. The average molecular weight is 242 g/mol. The Bertz CT molecular complexity index is 265. The first kappa shape index (κ1) is 14.3. The SMILES string of the molecule is CC(C)N(CC1CN(C)C1)C(=O)OC(C)(C)C. The summed E-state index contributed by atoms with van der Waals surface area (Å²) in [5.41, 5.74) is -0.416. The molecular weight excluding hydrogens is 216 g/mol. The third-order valence-electron chi connectivity index (χ3n) is 2.85. The first-order valence-electron chi connectivity index (χ1n) is 6.37. The molecule has 0 spiro atoms. The predicted molar refractivity (Wildman–Crippen MR) is 69.1 cm³/mol. The average Bonchev–Trinajstić information content (AvgIpc) is 2.06. The summed E-state index contributed by atoms with van der Waals surface area (Å²) in [4.78, 5) is 16.1. The molecule has 1 heterocycles. The molecule has 1 fully saturated rings. The van der Waals surface area contributed by atoms with Gasteiger partial charge in [-0.1, -0.05) is 0 Å². The second-order valence-corrected chi connectivity index (χ2v) is 6.31. The van der Waals surface area contributed by atoms with Crippen molar-refractivity contribution in [3.63, 3.8) is 0 Å². The number of ether oxygens (including phenoxy) is 1. The molecule has 0 unspecified atom stereocenters. The number of likely N-dealkylation sites (tertiary alicyclic amines) is 1. The highest BCUT2D eigenvalue weighted by Crippen LogP contribution is 2.18. The molecule has 1 amide bonds. The number of hydrogen-bond acceptors (Lipinski definition) is 3. The van der Waals surface area contributed by atoms with Gasteiger partial charge >= 0.3 is 6.09 Å². The van der Waals surface area contributed by atoms with Crippen molar-refractivity contribution in [2.75, 3.05) is 26.7 Å². The maximum absolute atomic E-state index is 12.0. The molecule has 0 N–H and O–H groups in total. The third-order valence-corrected chi connectivity index (χ3v) is 2.85. The van der Waals surface area contributed by atoms with Gasteiger partial charge in [0.1, 0.15) is 5.60 Å². The van der Waals surface area contributed by atoms with E-state index in [0.29, 0.717) is 5.92 Å². The van der Waals surface area contributed by atoms with E-state index < -0.39 is 5.60 Å². The topological polar surface area (TPSA) is 32.8 Å².